The van der Waals surface area contributed by atoms with Gasteiger partial charge in [-0.2, -0.15) is 0 Å². The van der Waals surface area contributed by atoms with Gasteiger partial charge in [0.1, 0.15) is 5.58 Å². The predicted octanol–water partition coefficient (Wildman–Crippen LogP) is 10.1. The molecule has 45 heavy (non-hydrogen) atoms. The van der Waals surface area contributed by atoms with Gasteiger partial charge in [0, 0.05) is 38.8 Å². The Morgan fingerprint density at radius 1 is 0.578 bits per heavy atom. The predicted molar refractivity (Wildman–Crippen MR) is 182 cm³/mol. The van der Waals surface area contributed by atoms with E-state index >= 15 is 0 Å². The van der Waals surface area contributed by atoms with Crippen molar-refractivity contribution in [1.29, 1.82) is 0 Å². The van der Waals surface area contributed by atoms with E-state index in [0.717, 1.165) is 55.8 Å². The van der Waals surface area contributed by atoms with E-state index in [1.54, 1.807) is 0 Å². The minimum atomic E-state index is 0.378. The Morgan fingerprint density at radius 3 is 2.18 bits per heavy atom. The zero-order chi connectivity index (χ0) is 29.7. The van der Waals surface area contributed by atoms with Gasteiger partial charge >= 0.3 is 0 Å². The number of benzene rings is 5. The summed E-state index contributed by atoms with van der Waals surface area (Å²) < 4.78 is 6.28. The van der Waals surface area contributed by atoms with Gasteiger partial charge in [0.05, 0.1) is 5.52 Å². The van der Waals surface area contributed by atoms with E-state index in [0.29, 0.717) is 29.1 Å². The summed E-state index contributed by atoms with van der Waals surface area (Å²) in [4.78, 5) is 20.1. The molecule has 9 rings (SSSR count). The van der Waals surface area contributed by atoms with Crippen LogP contribution in [0.1, 0.15) is 17.9 Å². The molecule has 1 aliphatic rings. The second kappa shape index (κ2) is 10.4. The Balaban J connectivity index is 1.25. The van der Waals surface area contributed by atoms with Crippen LogP contribution in [0.25, 0.3) is 77.9 Å². The van der Waals surface area contributed by atoms with Gasteiger partial charge in [-0.3, -0.25) is 0 Å². The maximum atomic E-state index is 6.28. The number of hydrogen-bond acceptors (Lipinski definition) is 5. The lowest BCUT2D eigenvalue weighted by atomic mass is 9.92. The molecule has 212 valence electrons. The summed E-state index contributed by atoms with van der Waals surface area (Å²) in [6.45, 7) is 0. The molecule has 0 saturated heterocycles. The molecular formula is C40H26N4O. The molecule has 0 radical (unpaired) electrons. The Hall–Kier alpha value is -5.94. The monoisotopic (exact) mass is 578 g/mol. The lowest BCUT2D eigenvalue weighted by Gasteiger charge is -2.14. The van der Waals surface area contributed by atoms with Crippen molar-refractivity contribution in [2.45, 2.75) is 12.3 Å². The maximum absolute atomic E-state index is 6.28. The number of fused-ring (bicyclic) bond motifs is 5. The van der Waals surface area contributed by atoms with Crippen molar-refractivity contribution in [1.82, 2.24) is 19.9 Å². The molecule has 8 aromatic rings. The number of hydrogen-bond donors (Lipinski definition) is 0. The van der Waals surface area contributed by atoms with Crippen molar-refractivity contribution >= 4 is 43.7 Å². The van der Waals surface area contributed by atoms with Crippen LogP contribution in [0.15, 0.2) is 144 Å². The molecule has 0 amide bonds. The largest absolute Gasteiger partial charge is 0.438 e. The third kappa shape index (κ3) is 4.48. The Morgan fingerprint density at radius 2 is 1.33 bits per heavy atom. The molecular weight excluding hydrogens is 552 g/mol. The Bertz CT molecular complexity index is 2470. The first kappa shape index (κ1) is 25.5. The average molecular weight is 579 g/mol. The van der Waals surface area contributed by atoms with Gasteiger partial charge in [-0.05, 0) is 47.0 Å². The molecule has 0 aliphatic heterocycles. The fourth-order valence-corrected chi connectivity index (χ4v) is 6.33. The highest BCUT2D eigenvalue weighted by atomic mass is 16.3. The van der Waals surface area contributed by atoms with Gasteiger partial charge in [0.15, 0.2) is 17.5 Å². The van der Waals surface area contributed by atoms with Gasteiger partial charge in [-0.15, -0.1) is 0 Å². The molecule has 0 N–H and O–H groups in total. The molecule has 3 heterocycles. The molecule has 3 aromatic heterocycles. The van der Waals surface area contributed by atoms with Crippen molar-refractivity contribution in [3.8, 4) is 34.2 Å². The van der Waals surface area contributed by atoms with Crippen molar-refractivity contribution < 1.29 is 4.42 Å². The molecule has 5 nitrogen and oxygen atoms in total. The van der Waals surface area contributed by atoms with Gasteiger partial charge in [0.25, 0.3) is 0 Å². The smallest absolute Gasteiger partial charge is 0.227 e. The summed E-state index contributed by atoms with van der Waals surface area (Å²) in [5.41, 5.74) is 6.28. The second-order valence-corrected chi connectivity index (χ2v) is 11.5. The third-order valence-electron chi connectivity index (χ3n) is 8.65. The third-order valence-corrected chi connectivity index (χ3v) is 8.65. The van der Waals surface area contributed by atoms with E-state index in [9.17, 15) is 0 Å². The number of nitrogens with zero attached hydrogens (tertiary/aromatic N) is 4. The van der Waals surface area contributed by atoms with Crippen molar-refractivity contribution in [2.75, 3.05) is 0 Å². The SMILES string of the molecule is C1=CCC(c2ccc(-c3nc(-c4ccc5ccccc5c4)nc(-c4cccc5oc6nc7ccccc7cc6c45)n3)cc2)C=C1. The van der Waals surface area contributed by atoms with Crippen LogP contribution < -0.4 is 0 Å². The van der Waals surface area contributed by atoms with Crippen LogP contribution in [0.2, 0.25) is 0 Å². The molecule has 0 saturated carbocycles. The van der Waals surface area contributed by atoms with Crippen LogP contribution >= 0.6 is 0 Å². The normalized spacial score (nSPS) is 14.6. The van der Waals surface area contributed by atoms with Crippen molar-refractivity contribution in [3.05, 3.63) is 145 Å². The number of aromatic nitrogens is 4. The summed E-state index contributed by atoms with van der Waals surface area (Å²) >= 11 is 0. The zero-order valence-electron chi connectivity index (χ0n) is 24.3. The quantitative estimate of drug-likeness (QED) is 0.208. The fraction of sp³-hybridized carbons (Fsp3) is 0.0500. The highest BCUT2D eigenvalue weighted by molar-refractivity contribution is 6.13. The Kier molecular flexibility index (Phi) is 5.88. The van der Waals surface area contributed by atoms with Crippen molar-refractivity contribution in [3.63, 3.8) is 0 Å². The molecule has 1 unspecified atom stereocenters. The van der Waals surface area contributed by atoms with E-state index in [1.165, 1.54) is 10.9 Å². The maximum Gasteiger partial charge on any atom is 0.227 e. The average Bonchev–Trinajstić information content (AvgIpc) is 3.48. The van der Waals surface area contributed by atoms with E-state index in [-0.39, 0.29) is 0 Å². The summed E-state index contributed by atoms with van der Waals surface area (Å²) in [7, 11) is 0. The van der Waals surface area contributed by atoms with Crippen LogP contribution in [0.5, 0.6) is 0 Å². The summed E-state index contributed by atoms with van der Waals surface area (Å²) in [5.74, 6) is 2.22. The summed E-state index contributed by atoms with van der Waals surface area (Å²) in [6, 6.07) is 39.6. The zero-order valence-corrected chi connectivity index (χ0v) is 24.3. The first-order chi connectivity index (χ1) is 22.3. The molecule has 5 aromatic carbocycles. The van der Waals surface area contributed by atoms with Crippen LogP contribution in [0.3, 0.4) is 0 Å². The second-order valence-electron chi connectivity index (χ2n) is 11.5. The highest BCUT2D eigenvalue weighted by Crippen LogP contribution is 2.37. The topological polar surface area (TPSA) is 64.7 Å². The summed E-state index contributed by atoms with van der Waals surface area (Å²) in [6.07, 6.45) is 9.69. The number of rotatable bonds is 4. The van der Waals surface area contributed by atoms with Crippen LogP contribution in [-0.4, -0.2) is 19.9 Å². The lowest BCUT2D eigenvalue weighted by Crippen LogP contribution is -2.01. The highest BCUT2D eigenvalue weighted by Gasteiger charge is 2.19. The minimum Gasteiger partial charge on any atom is -0.438 e. The number of pyridine rings is 1. The van der Waals surface area contributed by atoms with Gasteiger partial charge in [-0.25, -0.2) is 19.9 Å². The molecule has 1 aliphatic carbocycles. The molecule has 5 heteroatoms. The number of para-hydroxylation sites is 1. The van der Waals surface area contributed by atoms with E-state index in [2.05, 4.69) is 109 Å². The minimum absolute atomic E-state index is 0.378. The fourth-order valence-electron chi connectivity index (χ4n) is 6.33. The standard InChI is InChI=1S/C40H26N4O/c1-2-9-25(10-3-1)27-17-20-28(21-18-27)37-42-38(31-22-19-26-11-4-5-12-29(26)23-31)44-39(43-37)32-14-8-16-35-36(32)33-24-30-13-6-7-15-34(30)41-40(33)45-35/h1-9,11-25H,10H2. The number of allylic oxidation sites excluding steroid dienone is 4. The first-order valence-electron chi connectivity index (χ1n) is 15.2. The lowest BCUT2D eigenvalue weighted by molar-refractivity contribution is 0.656. The van der Waals surface area contributed by atoms with Gasteiger partial charge in [-0.1, -0.05) is 115 Å². The van der Waals surface area contributed by atoms with Gasteiger partial charge < -0.3 is 4.42 Å². The number of furan rings is 1. The Labute approximate surface area is 259 Å². The first-order valence-corrected chi connectivity index (χ1v) is 15.2. The molecule has 0 fully saturated rings. The van der Waals surface area contributed by atoms with E-state index in [1.807, 2.05) is 30.3 Å². The molecule has 0 spiro atoms. The summed E-state index contributed by atoms with van der Waals surface area (Å²) in [5, 5.41) is 5.25. The van der Waals surface area contributed by atoms with E-state index < -0.39 is 0 Å². The molecule has 0 bridgehead atoms. The van der Waals surface area contributed by atoms with E-state index in [4.69, 9.17) is 24.4 Å². The van der Waals surface area contributed by atoms with Crippen LogP contribution in [0, 0.1) is 0 Å². The van der Waals surface area contributed by atoms with Crippen molar-refractivity contribution in [2.24, 2.45) is 0 Å². The van der Waals surface area contributed by atoms with Crippen LogP contribution in [-0.2, 0) is 0 Å². The van der Waals surface area contributed by atoms with Crippen LogP contribution in [0.4, 0.5) is 0 Å². The molecule has 1 atom stereocenters. The van der Waals surface area contributed by atoms with Gasteiger partial charge in [0.2, 0.25) is 5.71 Å².